The van der Waals surface area contributed by atoms with E-state index < -0.39 is 36.4 Å². The third kappa shape index (κ3) is 7.89. The number of aryl methyl sites for hydroxylation is 1. The Bertz CT molecular complexity index is 807. The predicted molar refractivity (Wildman–Crippen MR) is 114 cm³/mol. The minimum Gasteiger partial charge on any atom is -0.481 e. The molecule has 0 spiro atoms. The van der Waals surface area contributed by atoms with Crippen molar-refractivity contribution in [1.82, 2.24) is 9.88 Å². The first-order valence-corrected chi connectivity index (χ1v) is 9.96. The molecular weight excluding hydrogens is 422 g/mol. The maximum Gasteiger partial charge on any atom is 0.336 e. The van der Waals surface area contributed by atoms with E-state index >= 15 is 0 Å². The van der Waals surface area contributed by atoms with Crippen LogP contribution in [0.5, 0.6) is 0 Å². The van der Waals surface area contributed by atoms with Crippen molar-refractivity contribution >= 4 is 24.1 Å². The van der Waals surface area contributed by atoms with E-state index in [1.807, 2.05) is 19.3 Å². The quantitative estimate of drug-likeness (QED) is 0.316. The van der Waals surface area contributed by atoms with Crippen molar-refractivity contribution in [2.75, 3.05) is 20.2 Å². The third-order valence-electron chi connectivity index (χ3n) is 5.30. The van der Waals surface area contributed by atoms with E-state index in [2.05, 4.69) is 41.0 Å². The minimum atomic E-state index is -2.74. The summed E-state index contributed by atoms with van der Waals surface area (Å²) in [6.07, 6.45) is 2.76. The van der Waals surface area contributed by atoms with Crippen molar-refractivity contribution in [1.29, 1.82) is 0 Å². The van der Waals surface area contributed by atoms with Crippen molar-refractivity contribution in [2.45, 2.75) is 51.2 Å². The first kappa shape index (κ1) is 27.0. The molecule has 0 saturated carbocycles. The Morgan fingerprint density at radius 2 is 1.81 bits per heavy atom. The largest absolute Gasteiger partial charge is 0.481 e. The lowest BCUT2D eigenvalue weighted by atomic mass is 9.94. The van der Waals surface area contributed by atoms with Crippen LogP contribution < -0.4 is 0 Å². The van der Waals surface area contributed by atoms with Gasteiger partial charge in [-0.2, -0.15) is 0 Å². The summed E-state index contributed by atoms with van der Waals surface area (Å²) < 4.78 is 0. The molecule has 0 radical (unpaired) electrons. The molecule has 1 aliphatic heterocycles. The normalized spacial score (nSPS) is 17.0. The number of oxime groups is 1. The molecule has 1 fully saturated rings. The van der Waals surface area contributed by atoms with Gasteiger partial charge >= 0.3 is 17.9 Å². The van der Waals surface area contributed by atoms with E-state index in [9.17, 15) is 14.4 Å². The van der Waals surface area contributed by atoms with Crippen molar-refractivity contribution in [2.24, 2.45) is 11.1 Å². The maximum absolute atomic E-state index is 10.3. The molecule has 1 aliphatic rings. The molecule has 1 unspecified atom stereocenters. The molecule has 0 bridgehead atoms. The number of carbonyl (C=O) groups is 3. The van der Waals surface area contributed by atoms with Crippen LogP contribution in [0.25, 0.3) is 0 Å². The van der Waals surface area contributed by atoms with E-state index in [-0.39, 0.29) is 5.54 Å². The van der Waals surface area contributed by atoms with Gasteiger partial charge in [0.05, 0.1) is 12.8 Å². The molecule has 1 atom stereocenters. The highest BCUT2D eigenvalue weighted by molar-refractivity contribution is 5.88. The molecule has 2 heterocycles. The number of aromatic nitrogens is 1. The number of rotatable bonds is 9. The second-order valence-corrected chi connectivity index (χ2v) is 8.16. The number of aliphatic carboxylic acids is 3. The van der Waals surface area contributed by atoms with Crippen molar-refractivity contribution in [3.05, 3.63) is 29.6 Å². The van der Waals surface area contributed by atoms with E-state index in [1.54, 1.807) is 7.11 Å². The first-order chi connectivity index (χ1) is 14.8. The average molecular weight is 453 g/mol. The smallest absolute Gasteiger partial charge is 0.336 e. The third-order valence-corrected chi connectivity index (χ3v) is 5.30. The van der Waals surface area contributed by atoms with E-state index in [0.29, 0.717) is 5.92 Å². The van der Waals surface area contributed by atoms with Gasteiger partial charge in [0, 0.05) is 36.1 Å². The lowest BCUT2D eigenvalue weighted by Gasteiger charge is -2.36. The summed E-state index contributed by atoms with van der Waals surface area (Å²) in [5.74, 6) is -4.53. The van der Waals surface area contributed by atoms with Gasteiger partial charge in [-0.05, 0) is 45.4 Å². The van der Waals surface area contributed by atoms with Crippen LogP contribution in [0.3, 0.4) is 0 Å². The predicted octanol–water partition coefficient (Wildman–Crippen LogP) is 1.33. The van der Waals surface area contributed by atoms with Gasteiger partial charge in [-0.25, -0.2) is 4.79 Å². The summed E-state index contributed by atoms with van der Waals surface area (Å²) in [6, 6.07) is 4.26. The number of hydrogen-bond donors (Lipinski definition) is 4. The highest BCUT2D eigenvalue weighted by Gasteiger charge is 2.40. The van der Waals surface area contributed by atoms with Crippen molar-refractivity contribution in [3.8, 4) is 0 Å². The van der Waals surface area contributed by atoms with Crippen LogP contribution in [0.15, 0.2) is 23.5 Å². The SMILES string of the molecule is CON=CC1CCN(C(C)(C)c2ccc(C)nc2)C1.O=C(O)CC(O)(CC(=O)O)C(=O)O. The average Bonchev–Trinajstić information content (AvgIpc) is 3.15. The Hall–Kier alpha value is -3.05. The molecule has 2 rings (SSSR count). The second-order valence-electron chi connectivity index (χ2n) is 8.16. The fourth-order valence-electron chi connectivity index (χ4n) is 3.29. The Kier molecular flexibility index (Phi) is 9.73. The molecule has 0 amide bonds. The maximum atomic E-state index is 10.3. The standard InChI is InChI=1S/C15H23N3O.C6H8O7/c1-12-5-6-14(10-16-12)15(2,3)18-8-7-13(11-18)9-17-19-4;7-3(8)1-6(13,5(11)12)2-4(9)10/h5-6,9-10,13H,7-8,11H2,1-4H3;13H,1-2H2,(H,7,8)(H,9,10)(H,11,12). The molecule has 11 heteroatoms. The van der Waals surface area contributed by atoms with Crippen LogP contribution in [-0.2, 0) is 24.8 Å². The topological polar surface area (TPSA) is 170 Å². The van der Waals surface area contributed by atoms with Gasteiger partial charge in [0.1, 0.15) is 7.11 Å². The number of likely N-dealkylation sites (tertiary alicyclic amines) is 1. The minimum absolute atomic E-state index is 0.0103. The zero-order chi connectivity index (χ0) is 24.5. The van der Waals surface area contributed by atoms with Crippen LogP contribution in [-0.4, -0.2) is 80.2 Å². The number of carboxylic acids is 3. The Morgan fingerprint density at radius 1 is 1.22 bits per heavy atom. The molecule has 32 heavy (non-hydrogen) atoms. The molecule has 1 aromatic rings. The molecule has 1 aromatic heterocycles. The first-order valence-electron chi connectivity index (χ1n) is 9.96. The lowest BCUT2D eigenvalue weighted by molar-refractivity contribution is -0.170. The fraction of sp³-hybridized carbons (Fsp3) is 0.571. The number of pyridine rings is 1. The van der Waals surface area contributed by atoms with Crippen LogP contribution >= 0.6 is 0 Å². The van der Waals surface area contributed by atoms with Crippen LogP contribution in [0.4, 0.5) is 0 Å². The van der Waals surface area contributed by atoms with Crippen LogP contribution in [0, 0.1) is 12.8 Å². The van der Waals surface area contributed by atoms with Crippen molar-refractivity contribution < 1.29 is 39.6 Å². The highest BCUT2D eigenvalue weighted by Crippen LogP contribution is 2.32. The molecule has 0 aromatic carbocycles. The Morgan fingerprint density at radius 3 is 2.25 bits per heavy atom. The molecule has 1 saturated heterocycles. The summed E-state index contributed by atoms with van der Waals surface area (Å²) in [5, 5.41) is 37.7. The zero-order valence-electron chi connectivity index (χ0n) is 18.7. The molecule has 0 aliphatic carbocycles. The van der Waals surface area contributed by atoms with Gasteiger partial charge < -0.3 is 25.3 Å². The van der Waals surface area contributed by atoms with Gasteiger partial charge in [-0.1, -0.05) is 11.2 Å². The zero-order valence-corrected chi connectivity index (χ0v) is 18.7. The van der Waals surface area contributed by atoms with E-state index in [1.165, 1.54) is 5.56 Å². The van der Waals surface area contributed by atoms with Crippen LogP contribution in [0.2, 0.25) is 0 Å². The summed E-state index contributed by atoms with van der Waals surface area (Å²) in [5.41, 5.74) is -0.401. The molecule has 178 valence electrons. The Balaban J connectivity index is 0.000000347. The summed E-state index contributed by atoms with van der Waals surface area (Å²) in [6.45, 7) is 8.64. The number of aliphatic hydroxyl groups is 1. The van der Waals surface area contributed by atoms with Gasteiger partial charge in [0.25, 0.3) is 0 Å². The van der Waals surface area contributed by atoms with Crippen LogP contribution in [0.1, 0.15) is 44.4 Å². The lowest BCUT2D eigenvalue weighted by Crippen LogP contribution is -2.42. The molecular formula is C21H31N3O8. The number of carboxylic acid groups (broad SMARTS) is 3. The molecule has 11 nitrogen and oxygen atoms in total. The number of nitrogens with zero attached hydrogens (tertiary/aromatic N) is 3. The second kappa shape index (κ2) is 11.5. The number of hydrogen-bond acceptors (Lipinski definition) is 8. The molecule has 4 N–H and O–H groups in total. The highest BCUT2D eigenvalue weighted by atomic mass is 16.6. The summed E-state index contributed by atoms with van der Waals surface area (Å²) >= 11 is 0. The fourth-order valence-corrected chi connectivity index (χ4v) is 3.29. The van der Waals surface area contributed by atoms with Gasteiger partial charge in [-0.15, -0.1) is 0 Å². The summed E-state index contributed by atoms with van der Waals surface area (Å²) in [7, 11) is 1.59. The van der Waals surface area contributed by atoms with Gasteiger partial charge in [0.2, 0.25) is 0 Å². The Labute approximate surface area is 186 Å². The van der Waals surface area contributed by atoms with E-state index in [0.717, 1.165) is 25.2 Å². The van der Waals surface area contributed by atoms with E-state index in [4.69, 9.17) is 25.3 Å². The van der Waals surface area contributed by atoms with Gasteiger partial charge in [0.15, 0.2) is 5.60 Å². The monoisotopic (exact) mass is 453 g/mol. The van der Waals surface area contributed by atoms with Gasteiger partial charge in [-0.3, -0.25) is 19.5 Å². The van der Waals surface area contributed by atoms with Crippen molar-refractivity contribution in [3.63, 3.8) is 0 Å². The summed E-state index contributed by atoms with van der Waals surface area (Å²) in [4.78, 5) is 42.2.